The van der Waals surface area contributed by atoms with Gasteiger partial charge in [0.05, 0.1) is 13.0 Å². The molecule has 192 valence electrons. The number of amides is 1. The number of benzene rings is 1. The van der Waals surface area contributed by atoms with E-state index in [1.165, 1.54) is 20.1 Å². The minimum absolute atomic E-state index is 0.0469. The number of aliphatic imine (C=N–C) groups is 1. The van der Waals surface area contributed by atoms with Gasteiger partial charge in [0, 0.05) is 5.92 Å². The van der Waals surface area contributed by atoms with Crippen LogP contribution in [-0.2, 0) is 28.6 Å². The molecule has 1 aromatic carbocycles. The van der Waals surface area contributed by atoms with Crippen LogP contribution in [0.4, 0.5) is 0 Å². The van der Waals surface area contributed by atoms with Crippen LogP contribution in [0.2, 0.25) is 0 Å². The minimum atomic E-state index is -0.995. The van der Waals surface area contributed by atoms with Gasteiger partial charge < -0.3 is 19.5 Å². The Morgan fingerprint density at radius 2 is 1.60 bits per heavy atom. The Hall–Kier alpha value is -3.42. The fraction of sp³-hybridized carbons (Fsp3) is 0.481. The maximum atomic E-state index is 13.0. The highest BCUT2D eigenvalue weighted by atomic mass is 16.6. The van der Waals surface area contributed by atoms with E-state index in [1.807, 2.05) is 45.9 Å². The smallest absolute Gasteiger partial charge is 0.328 e. The van der Waals surface area contributed by atoms with Crippen LogP contribution >= 0.6 is 0 Å². The van der Waals surface area contributed by atoms with Crippen LogP contribution in [0.25, 0.3) is 0 Å². The number of carbonyl (C=O) groups is 3. The third-order valence-corrected chi connectivity index (χ3v) is 5.67. The largest absolute Gasteiger partial charge is 0.493 e. The second kappa shape index (κ2) is 13.5. The predicted molar refractivity (Wildman–Crippen MR) is 136 cm³/mol. The number of nitrogens with one attached hydrogen (secondary N) is 1. The number of esters is 2. The third-order valence-electron chi connectivity index (χ3n) is 5.67. The van der Waals surface area contributed by atoms with Crippen LogP contribution in [0, 0.1) is 19.8 Å². The van der Waals surface area contributed by atoms with Gasteiger partial charge in [-0.05, 0) is 64.1 Å². The van der Waals surface area contributed by atoms with Gasteiger partial charge in [0.1, 0.15) is 12.1 Å². The minimum Gasteiger partial charge on any atom is -0.493 e. The van der Waals surface area contributed by atoms with Crippen molar-refractivity contribution >= 4 is 24.6 Å². The third kappa shape index (κ3) is 7.80. The number of nitrogens with zero attached hydrogens (tertiary/aromatic N) is 1. The van der Waals surface area contributed by atoms with Crippen LogP contribution in [-0.4, -0.2) is 43.8 Å². The first-order valence-corrected chi connectivity index (χ1v) is 11.6. The second-order valence-electron chi connectivity index (χ2n) is 8.70. The Bertz CT molecular complexity index is 989. The maximum absolute atomic E-state index is 13.0. The van der Waals surface area contributed by atoms with Crippen LogP contribution in [0.15, 0.2) is 46.5 Å². The number of methoxy groups -OCH3 is 1. The SMILES string of the molecule is C=N/C(C(=O)N[C@@H](C)C(=O)OC(C)C(C)c1c(C)cccc1C)=C(OC(=O)C(C)C)\C(=C/C)OC. The Balaban J connectivity index is 3.08. The van der Waals surface area contributed by atoms with Crippen LogP contribution in [0.5, 0.6) is 0 Å². The van der Waals surface area contributed by atoms with E-state index in [2.05, 4.69) is 17.0 Å². The van der Waals surface area contributed by atoms with E-state index in [4.69, 9.17) is 14.2 Å². The number of hydrogen-bond donors (Lipinski definition) is 1. The highest BCUT2D eigenvalue weighted by molar-refractivity contribution is 5.97. The molecule has 0 saturated heterocycles. The quantitative estimate of drug-likeness (QED) is 0.162. The van der Waals surface area contributed by atoms with Gasteiger partial charge in [-0.25, -0.2) is 4.79 Å². The molecule has 0 aliphatic carbocycles. The maximum Gasteiger partial charge on any atom is 0.328 e. The van der Waals surface area contributed by atoms with Gasteiger partial charge in [0.25, 0.3) is 5.91 Å². The fourth-order valence-electron chi connectivity index (χ4n) is 3.51. The van der Waals surface area contributed by atoms with E-state index in [0.29, 0.717) is 0 Å². The van der Waals surface area contributed by atoms with E-state index in [1.54, 1.807) is 20.8 Å². The molecule has 35 heavy (non-hydrogen) atoms. The van der Waals surface area contributed by atoms with Crippen molar-refractivity contribution in [1.82, 2.24) is 5.32 Å². The molecule has 3 atom stereocenters. The molecule has 0 saturated carbocycles. The molecule has 0 spiro atoms. The van der Waals surface area contributed by atoms with E-state index in [-0.39, 0.29) is 23.1 Å². The van der Waals surface area contributed by atoms with Gasteiger partial charge in [-0.15, -0.1) is 0 Å². The first kappa shape index (κ1) is 29.6. The Labute approximate surface area is 208 Å². The summed E-state index contributed by atoms with van der Waals surface area (Å²) in [6, 6.07) is 5.04. The van der Waals surface area contributed by atoms with Gasteiger partial charge in [-0.2, -0.15) is 0 Å². The van der Waals surface area contributed by atoms with Crippen LogP contribution < -0.4 is 5.32 Å². The Morgan fingerprint density at radius 1 is 1.03 bits per heavy atom. The van der Waals surface area contributed by atoms with Gasteiger partial charge in [0.15, 0.2) is 11.5 Å². The molecule has 1 aromatic rings. The molecule has 1 N–H and O–H groups in total. The van der Waals surface area contributed by atoms with E-state index < -0.39 is 35.9 Å². The molecular weight excluding hydrogens is 448 g/mol. The Morgan fingerprint density at radius 3 is 2.06 bits per heavy atom. The number of carbonyl (C=O) groups excluding carboxylic acids is 3. The topological polar surface area (TPSA) is 103 Å². The zero-order chi connectivity index (χ0) is 26.9. The summed E-state index contributed by atoms with van der Waals surface area (Å²) < 4.78 is 16.3. The highest BCUT2D eigenvalue weighted by Crippen LogP contribution is 2.28. The average Bonchev–Trinajstić information content (AvgIpc) is 2.79. The average molecular weight is 487 g/mol. The number of allylic oxidation sites excluding steroid dienone is 1. The summed E-state index contributed by atoms with van der Waals surface area (Å²) in [4.78, 5) is 41.7. The zero-order valence-corrected chi connectivity index (χ0v) is 22.2. The van der Waals surface area contributed by atoms with Crippen molar-refractivity contribution in [2.45, 2.75) is 73.5 Å². The van der Waals surface area contributed by atoms with Gasteiger partial charge in [0.2, 0.25) is 5.76 Å². The molecule has 0 aliphatic rings. The molecule has 8 nitrogen and oxygen atoms in total. The molecule has 0 bridgehead atoms. The predicted octanol–water partition coefficient (Wildman–Crippen LogP) is 4.50. The lowest BCUT2D eigenvalue weighted by molar-refractivity contribution is -0.152. The van der Waals surface area contributed by atoms with Gasteiger partial charge >= 0.3 is 11.9 Å². The standard InChI is InChI=1S/C27H38N2O6/c1-11-21(33-10)24(35-26(31)15(2)3)23(28-9)25(30)29-19(7)27(32)34-20(8)18(6)22-16(4)13-12-14-17(22)5/h11-15,18-20H,9H2,1-8,10H3,(H,29,30)/b21-11+,24-23+/t18?,19-,20?/m0/s1. The van der Waals surface area contributed by atoms with Crippen molar-refractivity contribution < 1.29 is 28.6 Å². The second-order valence-corrected chi connectivity index (χ2v) is 8.70. The molecule has 0 radical (unpaired) electrons. The first-order chi connectivity index (χ1) is 16.4. The molecule has 0 aliphatic heterocycles. The molecule has 0 fully saturated rings. The summed E-state index contributed by atoms with van der Waals surface area (Å²) in [5.41, 5.74) is 3.08. The van der Waals surface area contributed by atoms with Gasteiger partial charge in [-0.3, -0.25) is 14.6 Å². The summed E-state index contributed by atoms with van der Waals surface area (Å²) >= 11 is 0. The van der Waals surface area contributed by atoms with E-state index in [0.717, 1.165) is 16.7 Å². The number of rotatable bonds is 11. The molecule has 2 unspecified atom stereocenters. The van der Waals surface area contributed by atoms with E-state index in [9.17, 15) is 14.4 Å². The molecule has 1 rings (SSSR count). The summed E-state index contributed by atoms with van der Waals surface area (Å²) in [6.07, 6.45) is 1.09. The van der Waals surface area contributed by atoms with Crippen molar-refractivity contribution in [3.8, 4) is 0 Å². The molecular formula is C27H38N2O6. The van der Waals surface area contributed by atoms with Crippen molar-refractivity contribution in [3.05, 3.63) is 58.2 Å². The van der Waals surface area contributed by atoms with Crippen LogP contribution in [0.1, 0.15) is 64.2 Å². The van der Waals surface area contributed by atoms with Crippen molar-refractivity contribution in [1.29, 1.82) is 0 Å². The molecule has 0 heterocycles. The monoisotopic (exact) mass is 486 g/mol. The summed E-state index contributed by atoms with van der Waals surface area (Å²) in [7, 11) is 1.37. The Kier molecular flexibility index (Phi) is 11.4. The lowest BCUT2D eigenvalue weighted by atomic mass is 9.89. The lowest BCUT2D eigenvalue weighted by Crippen LogP contribution is -2.42. The zero-order valence-electron chi connectivity index (χ0n) is 22.2. The number of aryl methyl sites for hydroxylation is 2. The van der Waals surface area contributed by atoms with Crippen LogP contribution in [0.3, 0.4) is 0 Å². The normalized spacial score (nSPS) is 14.9. The van der Waals surface area contributed by atoms with Crippen molar-refractivity contribution in [2.75, 3.05) is 7.11 Å². The van der Waals surface area contributed by atoms with E-state index >= 15 is 0 Å². The molecule has 0 aromatic heterocycles. The summed E-state index contributed by atoms with van der Waals surface area (Å²) in [5, 5.41) is 2.54. The van der Waals surface area contributed by atoms with Crippen molar-refractivity contribution in [3.63, 3.8) is 0 Å². The highest BCUT2D eigenvalue weighted by Gasteiger charge is 2.28. The molecule has 1 amide bonds. The fourth-order valence-corrected chi connectivity index (χ4v) is 3.51. The molecule has 8 heteroatoms. The lowest BCUT2D eigenvalue weighted by Gasteiger charge is -2.25. The van der Waals surface area contributed by atoms with Crippen molar-refractivity contribution in [2.24, 2.45) is 10.9 Å². The summed E-state index contributed by atoms with van der Waals surface area (Å²) in [6.45, 7) is 17.7. The summed E-state index contributed by atoms with van der Waals surface area (Å²) in [5.74, 6) is -2.50. The number of ether oxygens (including phenoxy) is 3. The van der Waals surface area contributed by atoms with Gasteiger partial charge in [-0.1, -0.05) is 39.0 Å². The first-order valence-electron chi connectivity index (χ1n) is 11.6. The number of hydrogen-bond acceptors (Lipinski definition) is 7.